The molecule has 1 aromatic carbocycles. The fraction of sp³-hybridized carbons (Fsp3) is 0.235. The summed E-state index contributed by atoms with van der Waals surface area (Å²) in [4.78, 5) is 8.56. The van der Waals surface area contributed by atoms with Crippen LogP contribution < -0.4 is 5.32 Å². The van der Waals surface area contributed by atoms with Crippen molar-refractivity contribution < 1.29 is 4.74 Å². The van der Waals surface area contributed by atoms with E-state index in [0.717, 1.165) is 22.9 Å². The fourth-order valence-electron chi connectivity index (χ4n) is 2.66. The number of benzene rings is 1. The highest BCUT2D eigenvalue weighted by atomic mass is 16.5. The number of nitrogens with zero attached hydrogens (tertiary/aromatic N) is 7. The lowest BCUT2D eigenvalue weighted by Gasteiger charge is -2.14. The van der Waals surface area contributed by atoms with Crippen LogP contribution in [0.2, 0.25) is 0 Å². The van der Waals surface area contributed by atoms with Gasteiger partial charge >= 0.3 is 0 Å². The summed E-state index contributed by atoms with van der Waals surface area (Å²) in [5.74, 6) is 1.28. The molecule has 1 N–H and O–H groups in total. The predicted molar refractivity (Wildman–Crippen MR) is 94.9 cm³/mol. The van der Waals surface area contributed by atoms with Crippen molar-refractivity contribution in [1.29, 1.82) is 0 Å². The molecule has 0 bridgehead atoms. The van der Waals surface area contributed by atoms with Gasteiger partial charge in [-0.15, -0.1) is 5.10 Å². The number of hydrogen-bond donors (Lipinski definition) is 1. The molecule has 4 rings (SSSR count). The van der Waals surface area contributed by atoms with E-state index in [0.29, 0.717) is 12.4 Å². The van der Waals surface area contributed by atoms with Gasteiger partial charge in [0.2, 0.25) is 0 Å². The summed E-state index contributed by atoms with van der Waals surface area (Å²) >= 11 is 0. The minimum atomic E-state index is -0.0855. The highest BCUT2D eigenvalue weighted by Gasteiger charge is 2.14. The van der Waals surface area contributed by atoms with Crippen molar-refractivity contribution >= 4 is 11.6 Å². The first kappa shape index (κ1) is 16.2. The lowest BCUT2D eigenvalue weighted by atomic mass is 10.2. The number of rotatable bonds is 6. The Balaban J connectivity index is 1.60. The van der Waals surface area contributed by atoms with Crippen LogP contribution in [0.25, 0.3) is 11.5 Å². The lowest BCUT2D eigenvalue weighted by Crippen LogP contribution is -2.12. The van der Waals surface area contributed by atoms with Gasteiger partial charge in [0.1, 0.15) is 17.8 Å². The number of ether oxygens (including phenoxy) is 1. The van der Waals surface area contributed by atoms with Crippen molar-refractivity contribution in [3.8, 4) is 5.69 Å². The van der Waals surface area contributed by atoms with E-state index in [-0.39, 0.29) is 6.04 Å². The molecule has 9 heteroatoms. The van der Waals surface area contributed by atoms with Gasteiger partial charge in [-0.2, -0.15) is 14.6 Å². The summed E-state index contributed by atoms with van der Waals surface area (Å²) < 4.78 is 8.58. The van der Waals surface area contributed by atoms with Crippen molar-refractivity contribution in [3.05, 3.63) is 60.3 Å². The van der Waals surface area contributed by atoms with E-state index in [1.165, 1.54) is 6.33 Å². The second-order valence-corrected chi connectivity index (χ2v) is 5.83. The van der Waals surface area contributed by atoms with Crippen molar-refractivity contribution in [3.63, 3.8) is 0 Å². The van der Waals surface area contributed by atoms with Crippen LogP contribution in [0.5, 0.6) is 0 Å². The molecule has 0 saturated carbocycles. The molecule has 9 nitrogen and oxygen atoms in total. The standard InChI is InChI=1S/C17H18N8O/c1-12(15-9-24(23-22-15)14-6-4-3-5-7-14)20-16-8-13(10-26-2)21-17-18-11-19-25(16)17/h3-9,11-12,20H,10H2,1-2H3. The molecule has 0 aliphatic heterocycles. The summed E-state index contributed by atoms with van der Waals surface area (Å²) in [5.41, 5.74) is 2.55. The molecule has 0 aliphatic rings. The average Bonchev–Trinajstić information content (AvgIpc) is 3.32. The summed E-state index contributed by atoms with van der Waals surface area (Å²) in [6.07, 6.45) is 3.38. The first-order valence-electron chi connectivity index (χ1n) is 8.17. The Kier molecular flexibility index (Phi) is 4.28. The van der Waals surface area contributed by atoms with E-state index >= 15 is 0 Å². The van der Waals surface area contributed by atoms with Crippen molar-refractivity contribution in [1.82, 2.24) is 34.6 Å². The van der Waals surface area contributed by atoms with Crippen LogP contribution in [-0.2, 0) is 11.3 Å². The molecule has 0 radical (unpaired) electrons. The number of para-hydroxylation sites is 1. The van der Waals surface area contributed by atoms with Crippen molar-refractivity contribution in [2.45, 2.75) is 19.6 Å². The lowest BCUT2D eigenvalue weighted by molar-refractivity contribution is 0.181. The van der Waals surface area contributed by atoms with Gasteiger partial charge in [-0.05, 0) is 19.1 Å². The van der Waals surface area contributed by atoms with Gasteiger partial charge in [-0.1, -0.05) is 23.4 Å². The maximum Gasteiger partial charge on any atom is 0.254 e. The molecule has 1 unspecified atom stereocenters. The quantitative estimate of drug-likeness (QED) is 0.568. The molecule has 1 atom stereocenters. The van der Waals surface area contributed by atoms with Crippen LogP contribution in [0.15, 0.2) is 48.9 Å². The molecule has 3 heterocycles. The smallest absolute Gasteiger partial charge is 0.254 e. The monoisotopic (exact) mass is 350 g/mol. The minimum absolute atomic E-state index is 0.0855. The number of aromatic nitrogens is 7. The zero-order chi connectivity index (χ0) is 17.9. The fourth-order valence-corrected chi connectivity index (χ4v) is 2.66. The molecular formula is C17H18N8O. The third-order valence-electron chi connectivity index (χ3n) is 3.94. The SMILES string of the molecule is COCc1cc(NC(C)c2cn(-c3ccccc3)nn2)n2ncnc2n1. The van der Waals surface area contributed by atoms with E-state index < -0.39 is 0 Å². The predicted octanol–water partition coefficient (Wildman–Crippen LogP) is 2.02. The van der Waals surface area contributed by atoms with Crippen LogP contribution in [0.3, 0.4) is 0 Å². The topological polar surface area (TPSA) is 95.0 Å². The molecule has 4 aromatic rings. The molecule has 0 aliphatic carbocycles. The van der Waals surface area contributed by atoms with Gasteiger partial charge in [0.15, 0.2) is 0 Å². The summed E-state index contributed by atoms with van der Waals surface area (Å²) in [7, 11) is 1.63. The Morgan fingerprint density at radius 1 is 1.23 bits per heavy atom. The maximum absolute atomic E-state index is 5.18. The van der Waals surface area contributed by atoms with Gasteiger partial charge in [0.25, 0.3) is 5.78 Å². The van der Waals surface area contributed by atoms with Crippen molar-refractivity contribution in [2.24, 2.45) is 0 Å². The summed E-state index contributed by atoms with van der Waals surface area (Å²) in [5, 5.41) is 16.1. The largest absolute Gasteiger partial charge is 0.378 e. The molecule has 132 valence electrons. The van der Waals surface area contributed by atoms with Gasteiger partial charge in [0.05, 0.1) is 30.2 Å². The van der Waals surface area contributed by atoms with E-state index in [1.807, 2.05) is 49.5 Å². The molecule has 26 heavy (non-hydrogen) atoms. The Morgan fingerprint density at radius 3 is 2.88 bits per heavy atom. The molecular weight excluding hydrogens is 332 g/mol. The van der Waals surface area contributed by atoms with Gasteiger partial charge in [0, 0.05) is 13.2 Å². The molecule has 0 amide bonds. The zero-order valence-electron chi connectivity index (χ0n) is 14.4. The van der Waals surface area contributed by atoms with Gasteiger partial charge < -0.3 is 10.1 Å². The second kappa shape index (κ2) is 6.89. The van der Waals surface area contributed by atoms with Crippen LogP contribution in [-0.4, -0.2) is 41.7 Å². The maximum atomic E-state index is 5.18. The van der Waals surface area contributed by atoms with Crippen LogP contribution in [0.1, 0.15) is 24.4 Å². The third-order valence-corrected chi connectivity index (χ3v) is 3.94. The average molecular weight is 350 g/mol. The Bertz CT molecular complexity index is 1010. The number of fused-ring (bicyclic) bond motifs is 1. The Hall–Kier alpha value is -3.33. The highest BCUT2D eigenvalue weighted by molar-refractivity contribution is 5.46. The molecule has 3 aromatic heterocycles. The number of methoxy groups -OCH3 is 1. The van der Waals surface area contributed by atoms with E-state index in [2.05, 4.69) is 30.7 Å². The number of hydrogen-bond acceptors (Lipinski definition) is 7. The van der Waals surface area contributed by atoms with Crippen LogP contribution >= 0.6 is 0 Å². The number of nitrogens with one attached hydrogen (secondary N) is 1. The van der Waals surface area contributed by atoms with Crippen molar-refractivity contribution in [2.75, 3.05) is 12.4 Å². The number of anilines is 1. The van der Waals surface area contributed by atoms with Gasteiger partial charge in [-0.25, -0.2) is 9.67 Å². The van der Waals surface area contributed by atoms with E-state index in [1.54, 1.807) is 16.3 Å². The summed E-state index contributed by atoms with van der Waals surface area (Å²) in [6.45, 7) is 2.41. The van der Waals surface area contributed by atoms with E-state index in [9.17, 15) is 0 Å². The first-order valence-corrected chi connectivity index (χ1v) is 8.17. The molecule has 0 saturated heterocycles. The van der Waals surface area contributed by atoms with Crippen LogP contribution in [0, 0.1) is 0 Å². The van der Waals surface area contributed by atoms with Crippen LogP contribution in [0.4, 0.5) is 5.82 Å². The first-order chi connectivity index (χ1) is 12.7. The normalized spacial score (nSPS) is 12.4. The Morgan fingerprint density at radius 2 is 2.08 bits per heavy atom. The second-order valence-electron chi connectivity index (χ2n) is 5.83. The highest BCUT2D eigenvalue weighted by Crippen LogP contribution is 2.19. The molecule has 0 fully saturated rings. The minimum Gasteiger partial charge on any atom is -0.378 e. The van der Waals surface area contributed by atoms with Gasteiger partial charge in [-0.3, -0.25) is 0 Å². The zero-order valence-corrected chi connectivity index (χ0v) is 14.4. The van der Waals surface area contributed by atoms with E-state index in [4.69, 9.17) is 4.74 Å². The molecule has 0 spiro atoms. The Labute approximate surface area is 149 Å². The summed E-state index contributed by atoms with van der Waals surface area (Å²) in [6, 6.07) is 11.7. The third kappa shape index (κ3) is 3.11.